The van der Waals surface area contributed by atoms with Gasteiger partial charge < -0.3 is 10.1 Å². The third-order valence-corrected chi connectivity index (χ3v) is 3.58. The number of ketones is 1. The smallest absolute Gasteiger partial charge is 0.163 e. The number of nitrogens with zero attached hydrogens (tertiary/aromatic N) is 1. The Morgan fingerprint density at radius 2 is 2.17 bits per heavy atom. The number of nitrogens with one attached hydrogen (secondary N) is 1. The van der Waals surface area contributed by atoms with Crippen LogP contribution < -0.4 is 5.32 Å². The molecule has 1 spiro atoms. The quantitative estimate of drug-likeness (QED) is 0.814. The maximum Gasteiger partial charge on any atom is 0.163 e. The molecule has 0 radical (unpaired) electrons. The first kappa shape index (κ1) is 11.4. The maximum atomic E-state index is 11.9. The molecule has 0 aliphatic carbocycles. The van der Waals surface area contributed by atoms with Gasteiger partial charge in [0.1, 0.15) is 11.4 Å². The second-order valence-corrected chi connectivity index (χ2v) is 4.93. The van der Waals surface area contributed by atoms with Crippen LogP contribution in [0.1, 0.15) is 24.8 Å². The minimum Gasteiger partial charge on any atom is -0.486 e. The van der Waals surface area contributed by atoms with Crippen LogP contribution in [0, 0.1) is 0 Å². The number of hydrogen-bond acceptors (Lipinski definition) is 4. The third-order valence-electron chi connectivity index (χ3n) is 3.58. The highest BCUT2D eigenvalue weighted by molar-refractivity contribution is 5.97. The van der Waals surface area contributed by atoms with Gasteiger partial charge in [-0.25, -0.2) is 0 Å². The molecule has 1 saturated heterocycles. The minimum absolute atomic E-state index is 0.155. The van der Waals surface area contributed by atoms with Gasteiger partial charge in [-0.1, -0.05) is 0 Å². The highest BCUT2D eigenvalue weighted by Gasteiger charge is 2.39. The molecular formula is C14H16N2O2. The predicted octanol–water partition coefficient (Wildman–Crippen LogP) is 1.53. The van der Waals surface area contributed by atoms with E-state index in [9.17, 15) is 4.79 Å². The number of rotatable bonds is 1. The van der Waals surface area contributed by atoms with Crippen LogP contribution in [0.5, 0.6) is 0 Å². The van der Waals surface area contributed by atoms with Crippen LogP contribution in [0.15, 0.2) is 30.6 Å². The maximum absolute atomic E-state index is 11.9. The molecule has 4 heteroatoms. The molecule has 1 aromatic heterocycles. The van der Waals surface area contributed by atoms with Crippen molar-refractivity contribution in [3.05, 3.63) is 36.2 Å². The normalized spacial score (nSPS) is 22.4. The highest BCUT2D eigenvalue weighted by atomic mass is 16.5. The molecule has 94 valence electrons. The summed E-state index contributed by atoms with van der Waals surface area (Å²) >= 11 is 0. The van der Waals surface area contributed by atoms with Gasteiger partial charge in [-0.2, -0.15) is 0 Å². The Hall–Kier alpha value is -1.68. The van der Waals surface area contributed by atoms with Crippen molar-refractivity contribution in [2.24, 2.45) is 0 Å². The van der Waals surface area contributed by atoms with Crippen LogP contribution in [-0.2, 0) is 9.53 Å². The van der Waals surface area contributed by atoms with Gasteiger partial charge in [0.25, 0.3) is 0 Å². The lowest BCUT2D eigenvalue weighted by Gasteiger charge is -2.40. The van der Waals surface area contributed by atoms with Gasteiger partial charge in [0.15, 0.2) is 5.78 Å². The Balaban J connectivity index is 1.89. The molecule has 0 aromatic carbocycles. The molecule has 0 amide bonds. The zero-order valence-electron chi connectivity index (χ0n) is 10.2. The van der Waals surface area contributed by atoms with Gasteiger partial charge in [-0.05, 0) is 25.2 Å². The fourth-order valence-electron chi connectivity index (χ4n) is 2.63. The molecular weight excluding hydrogens is 228 g/mol. The van der Waals surface area contributed by atoms with Crippen molar-refractivity contribution in [1.29, 1.82) is 0 Å². The topological polar surface area (TPSA) is 51.2 Å². The second kappa shape index (κ2) is 4.53. The number of aromatic nitrogens is 1. The molecule has 0 bridgehead atoms. The van der Waals surface area contributed by atoms with Crippen LogP contribution in [-0.4, -0.2) is 29.5 Å². The first-order valence-corrected chi connectivity index (χ1v) is 6.32. The van der Waals surface area contributed by atoms with E-state index >= 15 is 0 Å². The first-order valence-electron chi connectivity index (χ1n) is 6.32. The average molecular weight is 244 g/mol. The summed E-state index contributed by atoms with van der Waals surface area (Å²) in [6.45, 7) is 1.82. The fraction of sp³-hybridized carbons (Fsp3) is 0.429. The minimum atomic E-state index is -0.303. The van der Waals surface area contributed by atoms with Gasteiger partial charge in [-0.15, -0.1) is 0 Å². The Morgan fingerprint density at radius 3 is 2.89 bits per heavy atom. The van der Waals surface area contributed by atoms with Gasteiger partial charge in [0, 0.05) is 36.9 Å². The molecule has 0 atom stereocenters. The molecule has 2 aliphatic heterocycles. The second-order valence-electron chi connectivity index (χ2n) is 4.93. The predicted molar refractivity (Wildman–Crippen MR) is 67.8 cm³/mol. The van der Waals surface area contributed by atoms with E-state index in [2.05, 4.69) is 10.3 Å². The van der Waals surface area contributed by atoms with E-state index < -0.39 is 0 Å². The van der Waals surface area contributed by atoms with Crippen molar-refractivity contribution in [3.63, 3.8) is 0 Å². The van der Waals surface area contributed by atoms with Crippen molar-refractivity contribution < 1.29 is 9.53 Å². The largest absolute Gasteiger partial charge is 0.486 e. The van der Waals surface area contributed by atoms with Crippen molar-refractivity contribution in [2.75, 3.05) is 13.1 Å². The average Bonchev–Trinajstić information content (AvgIpc) is 2.40. The summed E-state index contributed by atoms with van der Waals surface area (Å²) in [6, 6.07) is 3.78. The fourth-order valence-corrected chi connectivity index (χ4v) is 2.63. The number of pyridine rings is 1. The number of piperidine rings is 1. The number of hydrogen-bond donors (Lipinski definition) is 1. The molecule has 1 N–H and O–H groups in total. The summed E-state index contributed by atoms with van der Waals surface area (Å²) in [5, 5.41) is 3.30. The van der Waals surface area contributed by atoms with Crippen LogP contribution in [0.2, 0.25) is 0 Å². The monoisotopic (exact) mass is 244 g/mol. The molecule has 1 aromatic rings. The van der Waals surface area contributed by atoms with E-state index in [1.165, 1.54) is 0 Å². The zero-order chi connectivity index (χ0) is 12.4. The van der Waals surface area contributed by atoms with Crippen LogP contribution in [0.3, 0.4) is 0 Å². The van der Waals surface area contributed by atoms with Crippen LogP contribution in [0.25, 0.3) is 5.76 Å². The Bertz CT molecular complexity index is 476. The van der Waals surface area contributed by atoms with Crippen molar-refractivity contribution >= 4 is 11.5 Å². The summed E-state index contributed by atoms with van der Waals surface area (Å²) in [5.74, 6) is 0.822. The number of allylic oxidation sites excluding steroid dienone is 1. The molecule has 0 saturated carbocycles. The third kappa shape index (κ3) is 2.16. The van der Waals surface area contributed by atoms with Gasteiger partial charge >= 0.3 is 0 Å². The van der Waals surface area contributed by atoms with Crippen molar-refractivity contribution in [2.45, 2.75) is 24.9 Å². The van der Waals surface area contributed by atoms with Crippen LogP contribution in [0.4, 0.5) is 0 Å². The van der Waals surface area contributed by atoms with E-state index in [0.717, 1.165) is 31.5 Å². The summed E-state index contributed by atoms with van der Waals surface area (Å²) in [6.07, 6.45) is 7.32. The lowest BCUT2D eigenvalue weighted by Crippen LogP contribution is -2.46. The summed E-state index contributed by atoms with van der Waals surface area (Å²) in [7, 11) is 0. The molecule has 1 fully saturated rings. The molecule has 2 aliphatic rings. The van der Waals surface area contributed by atoms with E-state index in [1.54, 1.807) is 18.5 Å². The van der Waals surface area contributed by atoms with E-state index in [-0.39, 0.29) is 11.4 Å². The number of carbonyl (C=O) groups excluding carboxylic acids is 1. The van der Waals surface area contributed by atoms with E-state index in [0.29, 0.717) is 12.2 Å². The van der Waals surface area contributed by atoms with Crippen molar-refractivity contribution in [3.8, 4) is 0 Å². The Labute approximate surface area is 106 Å². The summed E-state index contributed by atoms with van der Waals surface area (Å²) in [5.41, 5.74) is 0.575. The molecule has 18 heavy (non-hydrogen) atoms. The van der Waals surface area contributed by atoms with Gasteiger partial charge in [0.05, 0.1) is 6.42 Å². The lowest BCUT2D eigenvalue weighted by molar-refractivity contribution is -0.122. The Morgan fingerprint density at radius 1 is 1.33 bits per heavy atom. The van der Waals surface area contributed by atoms with Crippen molar-refractivity contribution in [1.82, 2.24) is 10.3 Å². The molecule has 4 nitrogen and oxygen atoms in total. The first-order chi connectivity index (χ1) is 8.77. The van der Waals surface area contributed by atoms with Gasteiger partial charge in [-0.3, -0.25) is 9.78 Å². The van der Waals surface area contributed by atoms with Crippen LogP contribution >= 0.6 is 0 Å². The standard InChI is InChI=1S/C14H16N2O2/c17-12-8-13(11-2-1-5-16-10-11)18-14(9-12)3-6-15-7-4-14/h1-2,5,8,10,15H,3-4,6-7,9H2. The number of carbonyl (C=O) groups is 1. The van der Waals surface area contributed by atoms with E-state index in [4.69, 9.17) is 4.74 Å². The highest BCUT2D eigenvalue weighted by Crippen LogP contribution is 2.36. The lowest BCUT2D eigenvalue weighted by atomic mass is 9.85. The SMILES string of the molecule is O=C1C=C(c2cccnc2)OC2(CCNCC2)C1. The zero-order valence-corrected chi connectivity index (χ0v) is 10.2. The molecule has 3 rings (SSSR count). The Kier molecular flexibility index (Phi) is 2.88. The summed E-state index contributed by atoms with van der Waals surface area (Å²) < 4.78 is 6.13. The van der Waals surface area contributed by atoms with E-state index in [1.807, 2.05) is 12.1 Å². The number of ether oxygens (including phenoxy) is 1. The molecule has 0 unspecified atom stereocenters. The molecule has 3 heterocycles. The van der Waals surface area contributed by atoms with Gasteiger partial charge in [0.2, 0.25) is 0 Å². The summed E-state index contributed by atoms with van der Waals surface area (Å²) in [4.78, 5) is 16.0.